The summed E-state index contributed by atoms with van der Waals surface area (Å²) in [5, 5.41) is 0. The Balaban J connectivity index is 1.07. The van der Waals surface area contributed by atoms with Gasteiger partial charge in [-0.25, -0.2) is 0 Å². The van der Waals surface area contributed by atoms with Crippen molar-refractivity contribution >= 4 is 35.0 Å². The van der Waals surface area contributed by atoms with Crippen LogP contribution in [0.4, 0.5) is 11.4 Å². The second kappa shape index (κ2) is 10.1. The van der Waals surface area contributed by atoms with Crippen LogP contribution in [0.5, 0.6) is 0 Å². The fourth-order valence-electron chi connectivity index (χ4n) is 4.62. The third-order valence-electron chi connectivity index (χ3n) is 6.50. The van der Waals surface area contributed by atoms with Crippen LogP contribution >= 0.6 is 0 Å². The average molecular weight is 463 g/mol. The number of rotatable bonds is 11. The fourth-order valence-corrected chi connectivity index (χ4v) is 4.62. The molecule has 2 aliphatic heterocycles. The van der Waals surface area contributed by atoms with Gasteiger partial charge in [-0.15, -0.1) is 0 Å². The first-order valence-corrected chi connectivity index (χ1v) is 11.9. The van der Waals surface area contributed by atoms with Gasteiger partial charge >= 0.3 is 0 Å². The number of unbranched alkanes of at least 4 members (excludes halogenated alkanes) is 7. The summed E-state index contributed by atoms with van der Waals surface area (Å²) in [6.45, 7) is 0.858. The first kappa shape index (κ1) is 23.5. The summed E-state index contributed by atoms with van der Waals surface area (Å²) in [6, 6.07) is 9.66. The number of hydrogen-bond donors (Lipinski definition) is 2. The molecule has 0 fully saturated rings. The minimum atomic E-state index is -0.256. The van der Waals surface area contributed by atoms with Crippen molar-refractivity contribution in [3.8, 4) is 0 Å². The molecule has 0 spiro atoms. The first-order valence-electron chi connectivity index (χ1n) is 11.9. The molecule has 0 saturated heterocycles. The van der Waals surface area contributed by atoms with Crippen LogP contribution in [0, 0.1) is 0 Å². The van der Waals surface area contributed by atoms with E-state index in [-0.39, 0.29) is 23.6 Å². The van der Waals surface area contributed by atoms with E-state index in [0.29, 0.717) is 46.7 Å². The van der Waals surface area contributed by atoms with Crippen molar-refractivity contribution in [3.63, 3.8) is 0 Å². The lowest BCUT2D eigenvalue weighted by atomic mass is 10.1. The van der Waals surface area contributed by atoms with Crippen LogP contribution in [0.3, 0.4) is 0 Å². The van der Waals surface area contributed by atoms with E-state index in [0.717, 1.165) is 51.4 Å². The predicted octanol–water partition coefficient (Wildman–Crippen LogP) is 3.86. The Labute approximate surface area is 198 Å². The molecule has 4 N–H and O–H groups in total. The molecule has 34 heavy (non-hydrogen) atoms. The quantitative estimate of drug-likeness (QED) is 0.297. The molecule has 2 aromatic rings. The zero-order valence-electron chi connectivity index (χ0n) is 19.2. The second-order valence-electron chi connectivity index (χ2n) is 8.96. The Morgan fingerprint density at radius 2 is 0.794 bits per heavy atom. The van der Waals surface area contributed by atoms with E-state index < -0.39 is 0 Å². The molecule has 0 unspecified atom stereocenters. The van der Waals surface area contributed by atoms with Gasteiger partial charge in [0.25, 0.3) is 23.6 Å². The lowest BCUT2D eigenvalue weighted by Crippen LogP contribution is -2.30. The SMILES string of the molecule is Nc1ccc2c(c1)C(=O)N(CCCCCCCCCCN1C(=O)c3ccc(N)cc3C1=O)C2=O. The molecule has 2 aromatic carbocycles. The van der Waals surface area contributed by atoms with Crippen LogP contribution < -0.4 is 11.5 Å². The molecular weight excluding hydrogens is 432 g/mol. The molecule has 8 nitrogen and oxygen atoms in total. The Bertz CT molecular complexity index is 1050. The van der Waals surface area contributed by atoms with E-state index in [9.17, 15) is 19.2 Å². The predicted molar refractivity (Wildman–Crippen MR) is 129 cm³/mol. The topological polar surface area (TPSA) is 127 Å². The monoisotopic (exact) mass is 462 g/mol. The van der Waals surface area contributed by atoms with E-state index in [4.69, 9.17) is 11.5 Å². The van der Waals surface area contributed by atoms with Crippen LogP contribution in [-0.2, 0) is 0 Å². The molecule has 2 heterocycles. The first-order chi connectivity index (χ1) is 16.4. The van der Waals surface area contributed by atoms with Gasteiger partial charge in [-0.2, -0.15) is 0 Å². The Kier molecular flexibility index (Phi) is 6.95. The minimum absolute atomic E-state index is 0.235. The number of fused-ring (bicyclic) bond motifs is 2. The number of amides is 4. The maximum absolute atomic E-state index is 12.4. The highest BCUT2D eigenvalue weighted by Crippen LogP contribution is 2.26. The zero-order valence-corrected chi connectivity index (χ0v) is 19.2. The zero-order chi connectivity index (χ0) is 24.2. The van der Waals surface area contributed by atoms with Gasteiger partial charge in [-0.1, -0.05) is 38.5 Å². The van der Waals surface area contributed by atoms with Gasteiger partial charge < -0.3 is 11.5 Å². The highest BCUT2D eigenvalue weighted by atomic mass is 16.2. The number of carbonyl (C=O) groups is 4. The number of nitrogens with zero attached hydrogens (tertiary/aromatic N) is 2. The number of imide groups is 2. The summed E-state index contributed by atoms with van der Waals surface area (Å²) < 4.78 is 0. The van der Waals surface area contributed by atoms with Gasteiger partial charge in [0, 0.05) is 24.5 Å². The largest absolute Gasteiger partial charge is 0.399 e. The molecule has 8 heteroatoms. The number of nitrogens with two attached hydrogens (primary N) is 2. The van der Waals surface area contributed by atoms with Crippen LogP contribution in [-0.4, -0.2) is 46.5 Å². The van der Waals surface area contributed by atoms with E-state index in [1.807, 2.05) is 0 Å². The summed E-state index contributed by atoms with van der Waals surface area (Å²) >= 11 is 0. The highest BCUT2D eigenvalue weighted by molar-refractivity contribution is 6.22. The molecule has 0 bridgehead atoms. The van der Waals surface area contributed by atoms with Crippen LogP contribution in [0.1, 0.15) is 92.8 Å². The summed E-state index contributed by atoms with van der Waals surface area (Å²) in [6.07, 6.45) is 7.69. The van der Waals surface area contributed by atoms with Crippen LogP contribution in [0.25, 0.3) is 0 Å². The van der Waals surface area contributed by atoms with E-state index >= 15 is 0 Å². The standard InChI is InChI=1S/C26H30N4O4/c27-17-9-11-19-21(15-17)25(33)29(23(19)31)13-7-5-3-1-2-4-6-8-14-30-24(32)20-12-10-18(28)16-22(20)26(30)34/h9-12,15-16H,1-8,13-14,27-28H2. The average Bonchev–Trinajstić information content (AvgIpc) is 3.19. The molecule has 0 saturated carbocycles. The van der Waals surface area contributed by atoms with Crippen molar-refractivity contribution in [1.82, 2.24) is 9.80 Å². The molecule has 4 amide bonds. The van der Waals surface area contributed by atoms with Crippen LogP contribution in [0.2, 0.25) is 0 Å². The summed E-state index contributed by atoms with van der Waals surface area (Å²) in [5.41, 5.74) is 14.1. The van der Waals surface area contributed by atoms with Gasteiger partial charge in [0.2, 0.25) is 0 Å². The highest BCUT2D eigenvalue weighted by Gasteiger charge is 2.35. The summed E-state index contributed by atoms with van der Waals surface area (Å²) in [4.78, 5) is 52.3. The van der Waals surface area contributed by atoms with E-state index in [1.54, 1.807) is 36.4 Å². The number of carbonyl (C=O) groups excluding carboxylic acids is 4. The maximum atomic E-state index is 12.4. The van der Waals surface area contributed by atoms with E-state index in [1.165, 1.54) is 9.80 Å². The van der Waals surface area contributed by atoms with Gasteiger partial charge in [0.15, 0.2) is 0 Å². The second-order valence-corrected chi connectivity index (χ2v) is 8.96. The molecule has 0 aromatic heterocycles. The normalized spacial score (nSPS) is 14.8. The number of anilines is 2. The van der Waals surface area contributed by atoms with Gasteiger partial charge in [-0.3, -0.25) is 29.0 Å². The van der Waals surface area contributed by atoms with Crippen molar-refractivity contribution in [1.29, 1.82) is 0 Å². The number of hydrogen-bond acceptors (Lipinski definition) is 6. The van der Waals surface area contributed by atoms with Crippen LogP contribution in [0.15, 0.2) is 36.4 Å². The van der Waals surface area contributed by atoms with Crippen molar-refractivity contribution in [2.75, 3.05) is 24.6 Å². The fraction of sp³-hybridized carbons (Fsp3) is 0.385. The van der Waals surface area contributed by atoms with Gasteiger partial charge in [0.1, 0.15) is 0 Å². The Morgan fingerprint density at radius 3 is 1.18 bits per heavy atom. The van der Waals surface area contributed by atoms with Crippen molar-refractivity contribution < 1.29 is 19.2 Å². The summed E-state index contributed by atoms with van der Waals surface area (Å²) in [7, 11) is 0. The molecule has 0 atom stereocenters. The lowest BCUT2D eigenvalue weighted by molar-refractivity contribution is 0.0635. The van der Waals surface area contributed by atoms with Gasteiger partial charge in [-0.05, 0) is 49.2 Å². The smallest absolute Gasteiger partial charge is 0.261 e. The molecule has 178 valence electrons. The maximum Gasteiger partial charge on any atom is 0.261 e. The molecule has 2 aliphatic rings. The minimum Gasteiger partial charge on any atom is -0.399 e. The molecule has 0 radical (unpaired) electrons. The summed E-state index contributed by atoms with van der Waals surface area (Å²) in [5.74, 6) is -0.981. The molecule has 0 aliphatic carbocycles. The Hall–Kier alpha value is -3.68. The third kappa shape index (κ3) is 4.66. The number of nitrogen functional groups attached to an aromatic ring is 2. The molecule has 4 rings (SSSR count). The lowest BCUT2D eigenvalue weighted by Gasteiger charge is -2.14. The van der Waals surface area contributed by atoms with Gasteiger partial charge in [0.05, 0.1) is 22.3 Å². The Morgan fingerprint density at radius 1 is 0.471 bits per heavy atom. The van der Waals surface area contributed by atoms with Crippen molar-refractivity contribution in [2.24, 2.45) is 0 Å². The van der Waals surface area contributed by atoms with E-state index in [2.05, 4.69) is 0 Å². The number of benzene rings is 2. The van der Waals surface area contributed by atoms with Crippen molar-refractivity contribution in [2.45, 2.75) is 51.4 Å². The third-order valence-corrected chi connectivity index (χ3v) is 6.50. The molecular formula is C26H30N4O4. The van der Waals surface area contributed by atoms with Crippen molar-refractivity contribution in [3.05, 3.63) is 58.7 Å².